The van der Waals surface area contributed by atoms with E-state index in [1.807, 2.05) is 0 Å². The van der Waals surface area contributed by atoms with Crippen molar-refractivity contribution in [3.63, 3.8) is 0 Å². The molecule has 0 aliphatic heterocycles. The van der Waals surface area contributed by atoms with Gasteiger partial charge < -0.3 is 20.2 Å². The van der Waals surface area contributed by atoms with Gasteiger partial charge in [0.05, 0.1) is 17.8 Å². The maximum absolute atomic E-state index is 13.2. The molecule has 0 bridgehead atoms. The van der Waals surface area contributed by atoms with Crippen molar-refractivity contribution in [2.24, 2.45) is 0 Å². The lowest BCUT2D eigenvalue weighted by atomic mass is 9.98. The molecule has 0 radical (unpaired) electrons. The van der Waals surface area contributed by atoms with E-state index in [0.29, 0.717) is 4.88 Å². The highest BCUT2D eigenvalue weighted by Crippen LogP contribution is 2.32. The quantitative estimate of drug-likeness (QED) is 0.566. The average Bonchev–Trinajstić information content (AvgIpc) is 3.36. The highest BCUT2D eigenvalue weighted by atomic mass is 35.5. The van der Waals surface area contributed by atoms with Crippen LogP contribution in [-0.4, -0.2) is 23.5 Å². The molecule has 0 saturated carbocycles. The third-order valence-electron chi connectivity index (χ3n) is 3.75. The molecule has 2 aromatic heterocycles. The zero-order valence-corrected chi connectivity index (χ0v) is 15.3. The van der Waals surface area contributed by atoms with Gasteiger partial charge >= 0.3 is 11.8 Å². The fourth-order valence-corrected chi connectivity index (χ4v) is 3.38. The Morgan fingerprint density at radius 1 is 1.22 bits per heavy atom. The first-order valence-electron chi connectivity index (χ1n) is 7.75. The molecule has 2 heterocycles. The van der Waals surface area contributed by atoms with Gasteiger partial charge in [0, 0.05) is 10.6 Å². The summed E-state index contributed by atoms with van der Waals surface area (Å²) in [4.78, 5) is 24.7. The Morgan fingerprint density at radius 3 is 2.67 bits per heavy atom. The maximum Gasteiger partial charge on any atom is 0.313 e. The molecule has 0 spiro atoms. The Kier molecular flexibility index (Phi) is 5.59. The van der Waals surface area contributed by atoms with Crippen molar-refractivity contribution in [3.05, 3.63) is 75.6 Å². The number of carbonyl (C=O) groups excluding carboxylic acids is 2. The van der Waals surface area contributed by atoms with E-state index in [1.54, 1.807) is 29.6 Å². The number of hydrogen-bond acceptors (Lipinski definition) is 5. The van der Waals surface area contributed by atoms with E-state index in [0.717, 1.165) is 6.07 Å². The smallest absolute Gasteiger partial charge is 0.313 e. The number of furan rings is 1. The van der Waals surface area contributed by atoms with Crippen LogP contribution >= 0.6 is 22.9 Å². The van der Waals surface area contributed by atoms with Gasteiger partial charge in [-0.05, 0) is 41.8 Å². The molecular formula is C18H14ClFN2O4S. The van der Waals surface area contributed by atoms with Crippen LogP contribution < -0.4 is 10.6 Å². The average molecular weight is 409 g/mol. The third-order valence-corrected chi connectivity index (χ3v) is 5.06. The second-order valence-corrected chi connectivity index (χ2v) is 6.94. The molecule has 1 aromatic carbocycles. The number of hydrogen-bond donors (Lipinski definition) is 3. The summed E-state index contributed by atoms with van der Waals surface area (Å²) in [5, 5.41) is 17.3. The van der Waals surface area contributed by atoms with E-state index >= 15 is 0 Å². The normalized spacial score (nSPS) is 13.0. The first-order valence-corrected chi connectivity index (χ1v) is 9.00. The first-order chi connectivity index (χ1) is 12.9. The fourth-order valence-electron chi connectivity index (χ4n) is 2.37. The molecular weight excluding hydrogens is 395 g/mol. The summed E-state index contributed by atoms with van der Waals surface area (Å²) in [6.07, 6.45) is 1.40. The van der Waals surface area contributed by atoms with E-state index in [1.165, 1.54) is 29.7 Å². The predicted molar refractivity (Wildman–Crippen MR) is 99.1 cm³/mol. The van der Waals surface area contributed by atoms with E-state index in [4.69, 9.17) is 16.0 Å². The number of nitrogens with one attached hydrogen (secondary N) is 2. The Labute approximate surface area is 162 Å². The van der Waals surface area contributed by atoms with E-state index in [9.17, 15) is 19.1 Å². The second kappa shape index (κ2) is 7.91. The number of thiophene rings is 1. The van der Waals surface area contributed by atoms with Crippen molar-refractivity contribution in [2.75, 3.05) is 11.9 Å². The molecule has 3 N–H and O–H groups in total. The molecule has 1 atom stereocenters. The van der Waals surface area contributed by atoms with Crippen molar-refractivity contribution in [2.45, 2.75) is 5.60 Å². The predicted octanol–water partition coefficient (Wildman–Crippen LogP) is 3.12. The molecule has 27 heavy (non-hydrogen) atoms. The number of anilines is 1. The van der Waals surface area contributed by atoms with Crippen LogP contribution in [-0.2, 0) is 15.2 Å². The standard InChI is InChI=1S/C18H14ClFN2O4S/c19-12-9-11(5-6-13(12)20)22-17(24)16(23)21-10-18(25,14-3-1-7-26-14)15-4-2-8-27-15/h1-9,25H,10H2,(H,21,23)(H,22,24)/t18-/m1/s1. The number of benzene rings is 1. The summed E-state index contributed by atoms with van der Waals surface area (Å²) in [7, 11) is 0. The summed E-state index contributed by atoms with van der Waals surface area (Å²) in [5.41, 5.74) is -1.45. The zero-order valence-electron chi connectivity index (χ0n) is 13.7. The molecule has 140 valence electrons. The van der Waals surface area contributed by atoms with Gasteiger partial charge in [0.25, 0.3) is 0 Å². The van der Waals surface area contributed by atoms with Crippen LogP contribution in [0.25, 0.3) is 0 Å². The molecule has 3 aromatic rings. The Bertz CT molecular complexity index is 910. The van der Waals surface area contributed by atoms with Crippen LogP contribution in [0.2, 0.25) is 5.02 Å². The number of carbonyl (C=O) groups is 2. The molecule has 0 fully saturated rings. The van der Waals surface area contributed by atoms with Gasteiger partial charge in [-0.1, -0.05) is 17.7 Å². The lowest BCUT2D eigenvalue weighted by Crippen LogP contribution is -2.44. The minimum absolute atomic E-state index is 0.168. The molecule has 0 unspecified atom stereocenters. The molecule has 0 aliphatic carbocycles. The Morgan fingerprint density at radius 2 is 2.04 bits per heavy atom. The van der Waals surface area contributed by atoms with Crippen molar-refractivity contribution in [1.29, 1.82) is 0 Å². The number of rotatable bonds is 5. The van der Waals surface area contributed by atoms with Crippen LogP contribution in [0, 0.1) is 5.82 Å². The zero-order chi connectivity index (χ0) is 19.4. The lowest BCUT2D eigenvalue weighted by molar-refractivity contribution is -0.136. The van der Waals surface area contributed by atoms with E-state index in [2.05, 4.69) is 10.6 Å². The molecule has 6 nitrogen and oxygen atoms in total. The van der Waals surface area contributed by atoms with Gasteiger partial charge in [0.2, 0.25) is 0 Å². The van der Waals surface area contributed by atoms with Crippen LogP contribution in [0.3, 0.4) is 0 Å². The van der Waals surface area contributed by atoms with Crippen LogP contribution in [0.15, 0.2) is 58.5 Å². The number of aliphatic hydroxyl groups is 1. The highest BCUT2D eigenvalue weighted by Gasteiger charge is 2.36. The highest BCUT2D eigenvalue weighted by molar-refractivity contribution is 7.10. The summed E-state index contributed by atoms with van der Waals surface area (Å²) >= 11 is 6.92. The van der Waals surface area contributed by atoms with Gasteiger partial charge in [-0.2, -0.15) is 0 Å². The molecule has 9 heteroatoms. The van der Waals surface area contributed by atoms with Crippen molar-refractivity contribution in [1.82, 2.24) is 5.32 Å². The Hall–Kier alpha value is -2.68. The van der Waals surface area contributed by atoms with Gasteiger partial charge in [0.15, 0.2) is 5.60 Å². The summed E-state index contributed by atoms with van der Waals surface area (Å²) < 4.78 is 18.4. The van der Waals surface area contributed by atoms with Gasteiger partial charge in [-0.3, -0.25) is 9.59 Å². The minimum atomic E-state index is -1.62. The monoisotopic (exact) mass is 408 g/mol. The maximum atomic E-state index is 13.2. The largest absolute Gasteiger partial charge is 0.466 e. The topological polar surface area (TPSA) is 91.6 Å². The Balaban J connectivity index is 1.69. The summed E-state index contributed by atoms with van der Waals surface area (Å²) in [5.74, 6) is -2.36. The second-order valence-electron chi connectivity index (χ2n) is 5.58. The molecule has 0 aliphatic rings. The fraction of sp³-hybridized carbons (Fsp3) is 0.111. The van der Waals surface area contributed by atoms with Gasteiger partial charge in [-0.15, -0.1) is 11.3 Å². The first kappa shape index (κ1) is 19.1. The van der Waals surface area contributed by atoms with Crippen LogP contribution in [0.1, 0.15) is 10.6 Å². The lowest BCUT2D eigenvalue weighted by Gasteiger charge is -2.25. The van der Waals surface area contributed by atoms with Crippen molar-refractivity contribution in [3.8, 4) is 0 Å². The number of amides is 2. The minimum Gasteiger partial charge on any atom is -0.466 e. The van der Waals surface area contributed by atoms with Crippen molar-refractivity contribution >= 4 is 40.4 Å². The van der Waals surface area contributed by atoms with E-state index in [-0.39, 0.29) is 23.0 Å². The van der Waals surface area contributed by atoms with Crippen molar-refractivity contribution < 1.29 is 23.5 Å². The third kappa shape index (κ3) is 4.19. The molecule has 2 amide bonds. The van der Waals surface area contributed by atoms with Crippen LogP contribution in [0.4, 0.5) is 10.1 Å². The number of halogens is 2. The van der Waals surface area contributed by atoms with E-state index < -0.39 is 23.2 Å². The summed E-state index contributed by atoms with van der Waals surface area (Å²) in [6.45, 7) is -0.280. The SMILES string of the molecule is O=C(NC[C@@](O)(c1ccco1)c1cccs1)C(=O)Nc1ccc(F)c(Cl)c1. The van der Waals surface area contributed by atoms with Gasteiger partial charge in [0.1, 0.15) is 11.6 Å². The van der Waals surface area contributed by atoms with Gasteiger partial charge in [-0.25, -0.2) is 4.39 Å². The van der Waals surface area contributed by atoms with Crippen LogP contribution in [0.5, 0.6) is 0 Å². The molecule has 3 rings (SSSR count). The molecule has 0 saturated heterocycles. The summed E-state index contributed by atoms with van der Waals surface area (Å²) in [6, 6.07) is 10.2.